The molecule has 0 unspecified atom stereocenters. The number of rotatable bonds is 1. The van der Waals surface area contributed by atoms with Gasteiger partial charge in [-0.15, -0.1) is 22.7 Å². The van der Waals surface area contributed by atoms with E-state index in [0.717, 1.165) is 0 Å². The summed E-state index contributed by atoms with van der Waals surface area (Å²) in [6.07, 6.45) is 0. The van der Waals surface area contributed by atoms with E-state index in [4.69, 9.17) is 0 Å². The number of hydrogen-bond donors (Lipinski definition) is 0. The van der Waals surface area contributed by atoms with Crippen LogP contribution in [-0.2, 0) is 0 Å². The molecule has 0 aromatic carbocycles. The smallest absolute Gasteiger partial charge is 0.0477 e. The van der Waals surface area contributed by atoms with Crippen molar-refractivity contribution >= 4 is 22.7 Å². The molecule has 2 heteroatoms. The summed E-state index contributed by atoms with van der Waals surface area (Å²) in [5.74, 6) is 0. The Bertz CT molecular complexity index is 481. The van der Waals surface area contributed by atoms with Gasteiger partial charge in [-0.05, 0) is 57.4 Å². The van der Waals surface area contributed by atoms with Crippen LogP contribution in [0.5, 0.6) is 0 Å². The Morgan fingerprint density at radius 3 is 1.87 bits per heavy atom. The summed E-state index contributed by atoms with van der Waals surface area (Å²) < 4.78 is 0. The summed E-state index contributed by atoms with van der Waals surface area (Å²) >= 11 is 3.84. The van der Waals surface area contributed by atoms with Gasteiger partial charge in [0.1, 0.15) is 0 Å². The summed E-state index contributed by atoms with van der Waals surface area (Å²) in [7, 11) is 0. The Balaban J connectivity index is 2.59. The van der Waals surface area contributed by atoms with Gasteiger partial charge in [0.15, 0.2) is 0 Å². The van der Waals surface area contributed by atoms with Gasteiger partial charge >= 0.3 is 0 Å². The standard InChI is InChI=1S/C13H16S2/c1-7-6-12(14-10(7)4)13-9(3)8(2)11(5)15-13/h6H,1-5H3. The van der Waals surface area contributed by atoms with Gasteiger partial charge in [-0.25, -0.2) is 0 Å². The maximum Gasteiger partial charge on any atom is 0.0477 e. The second-order valence-electron chi connectivity index (χ2n) is 4.09. The summed E-state index contributed by atoms with van der Waals surface area (Å²) in [5, 5.41) is 0. The molecular weight excluding hydrogens is 220 g/mol. The Morgan fingerprint density at radius 2 is 1.47 bits per heavy atom. The average Bonchev–Trinajstić information content (AvgIpc) is 2.63. The summed E-state index contributed by atoms with van der Waals surface area (Å²) in [5.41, 5.74) is 4.33. The molecule has 0 nitrogen and oxygen atoms in total. The Hall–Kier alpha value is -0.600. The maximum atomic E-state index is 2.32. The van der Waals surface area contributed by atoms with E-state index in [1.165, 1.54) is 36.2 Å². The van der Waals surface area contributed by atoms with E-state index in [-0.39, 0.29) is 0 Å². The van der Waals surface area contributed by atoms with Crippen LogP contribution < -0.4 is 0 Å². The lowest BCUT2D eigenvalue weighted by Crippen LogP contribution is -1.75. The van der Waals surface area contributed by atoms with Crippen molar-refractivity contribution in [1.29, 1.82) is 0 Å². The van der Waals surface area contributed by atoms with Gasteiger partial charge in [0.25, 0.3) is 0 Å². The lowest BCUT2D eigenvalue weighted by molar-refractivity contribution is 1.35. The highest BCUT2D eigenvalue weighted by molar-refractivity contribution is 7.22. The molecule has 0 spiro atoms. The molecule has 2 aromatic heterocycles. The third kappa shape index (κ3) is 1.77. The molecule has 0 aliphatic heterocycles. The molecule has 0 bridgehead atoms. The molecule has 0 saturated heterocycles. The van der Waals surface area contributed by atoms with Crippen LogP contribution in [0.3, 0.4) is 0 Å². The predicted molar refractivity (Wildman–Crippen MR) is 71.3 cm³/mol. The van der Waals surface area contributed by atoms with Crippen LogP contribution in [0.4, 0.5) is 0 Å². The SMILES string of the molecule is Cc1cc(-c2sc(C)c(C)c2C)sc1C. The largest absolute Gasteiger partial charge is 0.139 e. The highest BCUT2D eigenvalue weighted by atomic mass is 32.1. The first-order chi connectivity index (χ1) is 7.00. The second kappa shape index (κ2) is 3.76. The van der Waals surface area contributed by atoms with E-state index < -0.39 is 0 Å². The molecule has 0 aliphatic rings. The van der Waals surface area contributed by atoms with E-state index in [2.05, 4.69) is 40.7 Å². The first kappa shape index (κ1) is 10.9. The highest BCUT2D eigenvalue weighted by Crippen LogP contribution is 2.39. The number of hydrogen-bond acceptors (Lipinski definition) is 2. The van der Waals surface area contributed by atoms with Crippen LogP contribution in [0.15, 0.2) is 6.07 Å². The van der Waals surface area contributed by atoms with Crippen molar-refractivity contribution in [2.75, 3.05) is 0 Å². The molecule has 0 saturated carbocycles. The van der Waals surface area contributed by atoms with Gasteiger partial charge in [-0.2, -0.15) is 0 Å². The highest BCUT2D eigenvalue weighted by Gasteiger charge is 2.12. The van der Waals surface area contributed by atoms with Crippen molar-refractivity contribution in [3.05, 3.63) is 32.5 Å². The van der Waals surface area contributed by atoms with Crippen molar-refractivity contribution in [2.45, 2.75) is 34.6 Å². The van der Waals surface area contributed by atoms with Crippen LogP contribution >= 0.6 is 22.7 Å². The third-order valence-corrected chi connectivity index (χ3v) is 5.72. The lowest BCUT2D eigenvalue weighted by atomic mass is 10.1. The first-order valence-corrected chi connectivity index (χ1v) is 6.78. The van der Waals surface area contributed by atoms with E-state index in [9.17, 15) is 0 Å². The quantitative estimate of drug-likeness (QED) is 0.652. The molecule has 80 valence electrons. The van der Waals surface area contributed by atoms with Gasteiger partial charge in [-0.1, -0.05) is 0 Å². The number of aryl methyl sites for hydroxylation is 3. The molecular formula is C13H16S2. The summed E-state index contributed by atoms with van der Waals surface area (Å²) in [6.45, 7) is 11.1. The fourth-order valence-corrected chi connectivity index (χ4v) is 4.02. The Labute approximate surface area is 99.6 Å². The predicted octanol–water partition coefficient (Wildman–Crippen LogP) is 5.02. The van der Waals surface area contributed by atoms with Crippen molar-refractivity contribution in [1.82, 2.24) is 0 Å². The zero-order chi connectivity index (χ0) is 11.2. The molecule has 2 aromatic rings. The van der Waals surface area contributed by atoms with Gasteiger partial charge < -0.3 is 0 Å². The molecule has 2 rings (SSSR count). The van der Waals surface area contributed by atoms with Gasteiger partial charge in [0.05, 0.1) is 0 Å². The van der Waals surface area contributed by atoms with Crippen LogP contribution in [0.1, 0.15) is 26.4 Å². The van der Waals surface area contributed by atoms with Crippen LogP contribution in [0, 0.1) is 34.6 Å². The monoisotopic (exact) mass is 236 g/mol. The minimum Gasteiger partial charge on any atom is -0.139 e. The van der Waals surface area contributed by atoms with Crippen molar-refractivity contribution in [3.8, 4) is 9.75 Å². The van der Waals surface area contributed by atoms with Crippen molar-refractivity contribution < 1.29 is 0 Å². The minimum atomic E-state index is 1.41. The Kier molecular flexibility index (Phi) is 2.73. The van der Waals surface area contributed by atoms with E-state index in [1.54, 1.807) is 0 Å². The average molecular weight is 236 g/mol. The summed E-state index contributed by atoms with van der Waals surface area (Å²) in [4.78, 5) is 5.79. The first-order valence-electron chi connectivity index (χ1n) is 5.14. The van der Waals surface area contributed by atoms with Gasteiger partial charge in [0, 0.05) is 19.5 Å². The fraction of sp³-hybridized carbons (Fsp3) is 0.385. The molecule has 0 atom stereocenters. The Morgan fingerprint density at radius 1 is 0.800 bits per heavy atom. The zero-order valence-corrected chi connectivity index (χ0v) is 11.5. The zero-order valence-electron chi connectivity index (χ0n) is 9.89. The van der Waals surface area contributed by atoms with Crippen LogP contribution in [0.2, 0.25) is 0 Å². The minimum absolute atomic E-state index is 1.41. The third-order valence-electron chi connectivity index (χ3n) is 3.08. The normalized spacial score (nSPS) is 11.0. The molecule has 2 heterocycles. The van der Waals surface area contributed by atoms with E-state index in [0.29, 0.717) is 0 Å². The maximum absolute atomic E-state index is 2.32. The van der Waals surface area contributed by atoms with Gasteiger partial charge in [0.2, 0.25) is 0 Å². The van der Waals surface area contributed by atoms with E-state index in [1.807, 2.05) is 22.7 Å². The van der Waals surface area contributed by atoms with Crippen molar-refractivity contribution in [3.63, 3.8) is 0 Å². The van der Waals surface area contributed by atoms with Gasteiger partial charge in [-0.3, -0.25) is 0 Å². The molecule has 15 heavy (non-hydrogen) atoms. The fourth-order valence-electron chi connectivity index (χ4n) is 1.66. The van der Waals surface area contributed by atoms with Crippen LogP contribution in [-0.4, -0.2) is 0 Å². The molecule has 0 radical (unpaired) electrons. The topological polar surface area (TPSA) is 0 Å². The molecule has 0 fully saturated rings. The molecule has 0 N–H and O–H groups in total. The lowest BCUT2D eigenvalue weighted by Gasteiger charge is -1.94. The van der Waals surface area contributed by atoms with Crippen LogP contribution in [0.25, 0.3) is 9.75 Å². The molecule has 0 aliphatic carbocycles. The second-order valence-corrected chi connectivity index (χ2v) is 6.57. The van der Waals surface area contributed by atoms with E-state index >= 15 is 0 Å². The number of thiophene rings is 2. The summed E-state index contributed by atoms with van der Waals surface area (Å²) in [6, 6.07) is 2.32. The van der Waals surface area contributed by atoms with Crippen molar-refractivity contribution in [2.24, 2.45) is 0 Å². The molecule has 0 amide bonds.